The Morgan fingerprint density at radius 1 is 1.12 bits per heavy atom. The zero-order valence-electron chi connectivity index (χ0n) is 18.3. The summed E-state index contributed by atoms with van der Waals surface area (Å²) in [7, 11) is 1.54. The SMILES string of the molecule is COc1ccc(Cn2cc(C(=O)NCC3CCCC[C@@H]3O)c(=O)c3c(F)ccc(F)c32)cc1. The number of ether oxygens (including phenoxy) is 1. The second-order valence-corrected chi connectivity index (χ2v) is 8.42. The highest BCUT2D eigenvalue weighted by atomic mass is 19.1. The van der Waals surface area contributed by atoms with Gasteiger partial charge in [-0.05, 0) is 42.7 Å². The van der Waals surface area contributed by atoms with E-state index in [9.17, 15) is 23.5 Å². The number of hydrogen-bond donors (Lipinski definition) is 2. The number of carbonyl (C=O) groups excluding carboxylic acids is 1. The fraction of sp³-hybridized carbons (Fsp3) is 0.360. The fourth-order valence-corrected chi connectivity index (χ4v) is 4.41. The smallest absolute Gasteiger partial charge is 0.256 e. The second-order valence-electron chi connectivity index (χ2n) is 8.42. The predicted octanol–water partition coefficient (Wildman–Crippen LogP) is 3.62. The first-order chi connectivity index (χ1) is 15.9. The van der Waals surface area contributed by atoms with Crippen molar-refractivity contribution in [2.45, 2.75) is 38.3 Å². The molecule has 0 saturated heterocycles. The van der Waals surface area contributed by atoms with Gasteiger partial charge in [-0.3, -0.25) is 9.59 Å². The highest BCUT2D eigenvalue weighted by Crippen LogP contribution is 2.24. The standard InChI is InChI=1S/C25H26F2N2O4/c1-33-17-8-6-15(7-9-17)13-29-14-18(24(31)22-19(26)10-11-20(27)23(22)29)25(32)28-12-16-4-2-3-5-21(16)30/h6-11,14,16,21,30H,2-5,12-13H2,1H3,(H,28,32)/t16?,21-/m0/s1. The molecule has 2 N–H and O–H groups in total. The van der Waals surface area contributed by atoms with E-state index in [0.29, 0.717) is 12.2 Å². The third-order valence-corrected chi connectivity index (χ3v) is 6.27. The maximum atomic E-state index is 14.7. The van der Waals surface area contributed by atoms with Crippen LogP contribution in [-0.4, -0.2) is 35.3 Å². The van der Waals surface area contributed by atoms with E-state index in [1.165, 1.54) is 10.8 Å². The number of nitrogens with zero attached hydrogens (tertiary/aromatic N) is 1. The molecule has 6 nitrogen and oxygen atoms in total. The average molecular weight is 456 g/mol. The first-order valence-corrected chi connectivity index (χ1v) is 11.0. The Balaban J connectivity index is 1.71. The van der Waals surface area contributed by atoms with Gasteiger partial charge in [0.2, 0.25) is 5.43 Å². The highest BCUT2D eigenvalue weighted by molar-refractivity contribution is 5.97. The molecule has 174 valence electrons. The van der Waals surface area contributed by atoms with Gasteiger partial charge < -0.3 is 19.7 Å². The van der Waals surface area contributed by atoms with Crippen LogP contribution in [-0.2, 0) is 6.54 Å². The number of aromatic nitrogens is 1. The van der Waals surface area contributed by atoms with Gasteiger partial charge in [0, 0.05) is 25.2 Å². The van der Waals surface area contributed by atoms with Crippen LogP contribution in [0, 0.1) is 17.6 Å². The number of rotatable bonds is 6. The molecule has 0 spiro atoms. The van der Waals surface area contributed by atoms with E-state index >= 15 is 0 Å². The van der Waals surface area contributed by atoms with Gasteiger partial charge in [0.05, 0.1) is 24.1 Å². The molecular weight excluding hydrogens is 430 g/mol. The fourth-order valence-electron chi connectivity index (χ4n) is 4.41. The number of amides is 1. The molecule has 1 saturated carbocycles. The van der Waals surface area contributed by atoms with Gasteiger partial charge in [-0.25, -0.2) is 8.78 Å². The summed E-state index contributed by atoms with van der Waals surface area (Å²) in [6.07, 6.45) is 4.12. The summed E-state index contributed by atoms with van der Waals surface area (Å²) in [6, 6.07) is 8.86. The molecular formula is C25H26F2N2O4. The van der Waals surface area contributed by atoms with Crippen LogP contribution in [0.1, 0.15) is 41.6 Å². The molecule has 1 fully saturated rings. The Morgan fingerprint density at radius 2 is 1.82 bits per heavy atom. The van der Waals surface area contributed by atoms with Crippen LogP contribution in [0.4, 0.5) is 8.78 Å². The minimum absolute atomic E-state index is 0.0983. The van der Waals surface area contributed by atoms with E-state index in [1.54, 1.807) is 31.4 Å². The Hall–Kier alpha value is -3.26. The number of halogens is 2. The molecule has 33 heavy (non-hydrogen) atoms. The third-order valence-electron chi connectivity index (χ3n) is 6.27. The molecule has 2 atom stereocenters. The maximum absolute atomic E-state index is 14.7. The number of hydrogen-bond acceptors (Lipinski definition) is 4. The molecule has 1 unspecified atom stereocenters. The van der Waals surface area contributed by atoms with E-state index < -0.39 is 34.5 Å². The van der Waals surface area contributed by atoms with Crippen LogP contribution in [0.15, 0.2) is 47.4 Å². The normalized spacial score (nSPS) is 18.3. The highest BCUT2D eigenvalue weighted by Gasteiger charge is 2.25. The van der Waals surface area contributed by atoms with Crippen LogP contribution < -0.4 is 15.5 Å². The van der Waals surface area contributed by atoms with E-state index in [4.69, 9.17) is 4.74 Å². The Bertz CT molecular complexity index is 1220. The summed E-state index contributed by atoms with van der Waals surface area (Å²) in [5, 5.41) is 12.4. The molecule has 1 heterocycles. The van der Waals surface area contributed by atoms with Gasteiger partial charge in [0.25, 0.3) is 5.91 Å². The largest absolute Gasteiger partial charge is 0.497 e. The number of aliphatic hydroxyl groups is 1. The lowest BCUT2D eigenvalue weighted by Crippen LogP contribution is -2.38. The summed E-state index contributed by atoms with van der Waals surface area (Å²) in [5.41, 5.74) is -0.586. The first-order valence-electron chi connectivity index (χ1n) is 11.0. The molecule has 3 aromatic rings. The number of pyridine rings is 1. The Morgan fingerprint density at radius 3 is 2.52 bits per heavy atom. The number of fused-ring (bicyclic) bond motifs is 1. The lowest BCUT2D eigenvalue weighted by molar-refractivity contribution is 0.0662. The summed E-state index contributed by atoms with van der Waals surface area (Å²) < 4.78 is 35.9. The quantitative estimate of drug-likeness (QED) is 0.594. The van der Waals surface area contributed by atoms with Crippen LogP contribution in [0.5, 0.6) is 5.75 Å². The maximum Gasteiger partial charge on any atom is 0.256 e. The van der Waals surface area contributed by atoms with Crippen LogP contribution in [0.25, 0.3) is 10.9 Å². The van der Waals surface area contributed by atoms with Gasteiger partial charge in [0.1, 0.15) is 22.9 Å². The molecule has 1 aliphatic rings. The zero-order valence-corrected chi connectivity index (χ0v) is 18.3. The zero-order chi connectivity index (χ0) is 23.5. The minimum atomic E-state index is -0.891. The van der Waals surface area contributed by atoms with Crippen molar-refractivity contribution in [3.05, 3.63) is 75.6 Å². The average Bonchev–Trinajstić information content (AvgIpc) is 2.82. The van der Waals surface area contributed by atoms with E-state index in [0.717, 1.165) is 37.0 Å². The minimum Gasteiger partial charge on any atom is -0.497 e. The first kappa shape index (κ1) is 22.9. The molecule has 2 aromatic carbocycles. The summed E-state index contributed by atoms with van der Waals surface area (Å²) in [6.45, 7) is 0.324. The van der Waals surface area contributed by atoms with Crippen molar-refractivity contribution < 1.29 is 23.4 Å². The molecule has 1 aliphatic carbocycles. The van der Waals surface area contributed by atoms with Gasteiger partial charge in [-0.15, -0.1) is 0 Å². The summed E-state index contributed by atoms with van der Waals surface area (Å²) >= 11 is 0. The van der Waals surface area contributed by atoms with Crippen LogP contribution in [0.2, 0.25) is 0 Å². The topological polar surface area (TPSA) is 80.6 Å². The van der Waals surface area contributed by atoms with Gasteiger partial charge >= 0.3 is 0 Å². The molecule has 0 aliphatic heterocycles. The van der Waals surface area contributed by atoms with Gasteiger partial charge in [-0.1, -0.05) is 25.0 Å². The van der Waals surface area contributed by atoms with Crippen molar-refractivity contribution in [3.8, 4) is 5.75 Å². The molecule has 8 heteroatoms. The molecule has 1 aromatic heterocycles. The van der Waals surface area contributed by atoms with E-state index in [1.807, 2.05) is 0 Å². The predicted molar refractivity (Wildman–Crippen MR) is 121 cm³/mol. The van der Waals surface area contributed by atoms with Crippen LogP contribution >= 0.6 is 0 Å². The van der Waals surface area contributed by atoms with E-state index in [2.05, 4.69) is 5.32 Å². The Kier molecular flexibility index (Phi) is 6.74. The van der Waals surface area contributed by atoms with Crippen molar-refractivity contribution in [2.75, 3.05) is 13.7 Å². The third kappa shape index (κ3) is 4.75. The monoisotopic (exact) mass is 456 g/mol. The van der Waals surface area contributed by atoms with Crippen molar-refractivity contribution in [1.82, 2.24) is 9.88 Å². The van der Waals surface area contributed by atoms with Crippen molar-refractivity contribution in [2.24, 2.45) is 5.92 Å². The summed E-state index contributed by atoms with van der Waals surface area (Å²) in [4.78, 5) is 25.9. The number of nitrogens with one attached hydrogen (secondary N) is 1. The number of benzene rings is 2. The lowest BCUT2D eigenvalue weighted by Gasteiger charge is -2.27. The van der Waals surface area contributed by atoms with Crippen molar-refractivity contribution in [3.63, 3.8) is 0 Å². The van der Waals surface area contributed by atoms with Crippen molar-refractivity contribution >= 4 is 16.8 Å². The number of carbonyl (C=O) groups is 1. The number of aliphatic hydroxyl groups excluding tert-OH is 1. The molecule has 0 radical (unpaired) electrons. The molecule has 4 rings (SSSR count). The van der Waals surface area contributed by atoms with Crippen LogP contribution in [0.3, 0.4) is 0 Å². The van der Waals surface area contributed by atoms with Crippen molar-refractivity contribution in [1.29, 1.82) is 0 Å². The number of methoxy groups -OCH3 is 1. The molecule has 1 amide bonds. The Labute approximate surface area is 189 Å². The van der Waals surface area contributed by atoms with Gasteiger partial charge in [0.15, 0.2) is 0 Å². The lowest BCUT2D eigenvalue weighted by atomic mass is 9.86. The van der Waals surface area contributed by atoms with E-state index in [-0.39, 0.29) is 30.1 Å². The second kappa shape index (κ2) is 9.70. The molecule has 0 bridgehead atoms. The summed E-state index contributed by atoms with van der Waals surface area (Å²) in [5.74, 6) is -1.78. The van der Waals surface area contributed by atoms with Gasteiger partial charge in [-0.2, -0.15) is 0 Å².